The van der Waals surface area contributed by atoms with Crippen LogP contribution >= 0.6 is 11.6 Å². The number of halogens is 1. The van der Waals surface area contributed by atoms with Gasteiger partial charge >= 0.3 is 5.97 Å². The van der Waals surface area contributed by atoms with E-state index >= 15 is 0 Å². The van der Waals surface area contributed by atoms with Crippen molar-refractivity contribution in [3.05, 3.63) is 40.9 Å². The average Bonchev–Trinajstić information content (AvgIpc) is 2.48. The second-order valence-corrected chi connectivity index (χ2v) is 5.64. The SMILES string of the molecule is CCOC(=O)CCCN1CC=C(c2cccc(Cl)c2)CC1. The highest BCUT2D eigenvalue weighted by molar-refractivity contribution is 6.30. The predicted octanol–water partition coefficient (Wildman–Crippen LogP) is 3.77. The van der Waals surface area contributed by atoms with Gasteiger partial charge in [-0.2, -0.15) is 0 Å². The van der Waals surface area contributed by atoms with Crippen LogP contribution in [0.2, 0.25) is 5.02 Å². The fourth-order valence-electron chi connectivity index (χ4n) is 2.54. The molecule has 1 aromatic carbocycles. The topological polar surface area (TPSA) is 29.5 Å². The highest BCUT2D eigenvalue weighted by atomic mass is 35.5. The summed E-state index contributed by atoms with van der Waals surface area (Å²) in [6.07, 6.45) is 4.66. The van der Waals surface area contributed by atoms with Gasteiger partial charge in [0.2, 0.25) is 0 Å². The zero-order chi connectivity index (χ0) is 15.1. The quantitative estimate of drug-likeness (QED) is 0.749. The lowest BCUT2D eigenvalue weighted by atomic mass is 9.99. The van der Waals surface area contributed by atoms with Crippen LogP contribution in [0.5, 0.6) is 0 Å². The van der Waals surface area contributed by atoms with E-state index in [1.165, 1.54) is 11.1 Å². The van der Waals surface area contributed by atoms with E-state index in [1.807, 2.05) is 25.1 Å². The van der Waals surface area contributed by atoms with E-state index in [1.54, 1.807) is 0 Å². The third kappa shape index (κ3) is 5.18. The van der Waals surface area contributed by atoms with Gasteiger partial charge < -0.3 is 4.74 Å². The number of rotatable bonds is 6. The van der Waals surface area contributed by atoms with Gasteiger partial charge in [-0.1, -0.05) is 29.8 Å². The zero-order valence-corrected chi connectivity index (χ0v) is 13.2. The van der Waals surface area contributed by atoms with Gasteiger partial charge in [-0.15, -0.1) is 0 Å². The first-order chi connectivity index (χ1) is 10.2. The molecular formula is C17H22ClNO2. The molecule has 0 aliphatic carbocycles. The summed E-state index contributed by atoms with van der Waals surface area (Å²) in [4.78, 5) is 13.7. The number of ether oxygens (including phenoxy) is 1. The fraction of sp³-hybridized carbons (Fsp3) is 0.471. The second kappa shape index (κ2) is 8.20. The monoisotopic (exact) mass is 307 g/mol. The number of benzene rings is 1. The van der Waals surface area contributed by atoms with E-state index in [-0.39, 0.29) is 5.97 Å². The Balaban J connectivity index is 1.78. The van der Waals surface area contributed by atoms with E-state index in [9.17, 15) is 4.79 Å². The molecule has 0 saturated heterocycles. The number of hydrogen-bond donors (Lipinski definition) is 0. The average molecular weight is 308 g/mol. The van der Waals surface area contributed by atoms with Crippen molar-refractivity contribution in [1.29, 1.82) is 0 Å². The normalized spacial score (nSPS) is 15.6. The molecule has 0 fully saturated rings. The van der Waals surface area contributed by atoms with Crippen LogP contribution in [0.4, 0.5) is 0 Å². The Morgan fingerprint density at radius 3 is 2.95 bits per heavy atom. The lowest BCUT2D eigenvalue weighted by Crippen LogP contribution is -2.29. The van der Waals surface area contributed by atoms with Crippen molar-refractivity contribution in [2.75, 3.05) is 26.2 Å². The number of esters is 1. The first-order valence-electron chi connectivity index (χ1n) is 7.52. The molecule has 1 aliphatic heterocycles. The highest BCUT2D eigenvalue weighted by Crippen LogP contribution is 2.24. The van der Waals surface area contributed by atoms with E-state index in [0.29, 0.717) is 13.0 Å². The molecule has 2 rings (SSSR count). The Hall–Kier alpha value is -1.32. The van der Waals surface area contributed by atoms with Gasteiger partial charge in [-0.3, -0.25) is 9.69 Å². The maximum atomic E-state index is 11.3. The Bertz CT molecular complexity index is 513. The summed E-state index contributed by atoms with van der Waals surface area (Å²) in [7, 11) is 0. The lowest BCUT2D eigenvalue weighted by Gasteiger charge is -2.26. The molecule has 0 radical (unpaired) electrons. The number of hydrogen-bond acceptors (Lipinski definition) is 3. The third-order valence-corrected chi connectivity index (χ3v) is 3.88. The third-order valence-electron chi connectivity index (χ3n) is 3.65. The Labute approximate surface area is 131 Å². The Morgan fingerprint density at radius 2 is 2.29 bits per heavy atom. The van der Waals surface area contributed by atoms with Crippen LogP contribution in [0.25, 0.3) is 5.57 Å². The first-order valence-corrected chi connectivity index (χ1v) is 7.90. The molecule has 0 atom stereocenters. The Morgan fingerprint density at radius 1 is 1.43 bits per heavy atom. The summed E-state index contributed by atoms with van der Waals surface area (Å²) in [5.41, 5.74) is 2.58. The van der Waals surface area contributed by atoms with Crippen molar-refractivity contribution in [2.45, 2.75) is 26.2 Å². The largest absolute Gasteiger partial charge is 0.466 e. The molecule has 114 valence electrons. The maximum Gasteiger partial charge on any atom is 0.305 e. The van der Waals surface area contributed by atoms with Crippen molar-refractivity contribution in [1.82, 2.24) is 4.90 Å². The van der Waals surface area contributed by atoms with Crippen molar-refractivity contribution in [3.8, 4) is 0 Å². The molecule has 1 heterocycles. The molecule has 1 aromatic rings. The van der Waals surface area contributed by atoms with Crippen LogP contribution in [0, 0.1) is 0 Å². The van der Waals surface area contributed by atoms with E-state index in [2.05, 4.69) is 17.0 Å². The van der Waals surface area contributed by atoms with E-state index in [0.717, 1.165) is 37.5 Å². The van der Waals surface area contributed by atoms with Crippen molar-refractivity contribution in [3.63, 3.8) is 0 Å². The van der Waals surface area contributed by atoms with E-state index in [4.69, 9.17) is 16.3 Å². The summed E-state index contributed by atoms with van der Waals surface area (Å²) in [5.74, 6) is -0.0929. The minimum Gasteiger partial charge on any atom is -0.466 e. The molecule has 0 amide bonds. The fourth-order valence-corrected chi connectivity index (χ4v) is 2.74. The predicted molar refractivity (Wildman–Crippen MR) is 86.4 cm³/mol. The number of carbonyl (C=O) groups excluding carboxylic acids is 1. The first kappa shape index (κ1) is 16.1. The lowest BCUT2D eigenvalue weighted by molar-refractivity contribution is -0.143. The van der Waals surface area contributed by atoms with Crippen LogP contribution < -0.4 is 0 Å². The number of nitrogens with zero attached hydrogens (tertiary/aromatic N) is 1. The minimum atomic E-state index is -0.0929. The zero-order valence-electron chi connectivity index (χ0n) is 12.5. The molecular weight excluding hydrogens is 286 g/mol. The standard InChI is InChI=1S/C17H22ClNO2/c1-2-21-17(20)7-4-10-19-11-8-14(9-12-19)15-5-3-6-16(18)13-15/h3,5-6,8,13H,2,4,7,9-12H2,1H3. The molecule has 0 saturated carbocycles. The summed E-state index contributed by atoms with van der Waals surface area (Å²) in [6.45, 7) is 5.21. The maximum absolute atomic E-state index is 11.3. The molecule has 0 bridgehead atoms. The molecule has 0 N–H and O–H groups in total. The number of carbonyl (C=O) groups is 1. The van der Waals surface area contributed by atoms with Crippen LogP contribution in [0.3, 0.4) is 0 Å². The van der Waals surface area contributed by atoms with Crippen LogP contribution in [-0.2, 0) is 9.53 Å². The molecule has 0 spiro atoms. The molecule has 4 heteroatoms. The molecule has 21 heavy (non-hydrogen) atoms. The van der Waals surface area contributed by atoms with Crippen LogP contribution in [-0.4, -0.2) is 37.1 Å². The second-order valence-electron chi connectivity index (χ2n) is 5.20. The molecule has 3 nitrogen and oxygen atoms in total. The van der Waals surface area contributed by atoms with Gasteiger partial charge in [0.05, 0.1) is 6.61 Å². The van der Waals surface area contributed by atoms with Gasteiger partial charge in [0.15, 0.2) is 0 Å². The van der Waals surface area contributed by atoms with Gasteiger partial charge in [-0.05, 0) is 49.6 Å². The van der Waals surface area contributed by atoms with Gasteiger partial charge in [0.25, 0.3) is 0 Å². The minimum absolute atomic E-state index is 0.0929. The highest BCUT2D eigenvalue weighted by Gasteiger charge is 2.13. The van der Waals surface area contributed by atoms with E-state index < -0.39 is 0 Å². The molecule has 1 aliphatic rings. The summed E-state index contributed by atoms with van der Waals surface area (Å²) in [6, 6.07) is 8.01. The van der Waals surface area contributed by atoms with Crippen LogP contribution in [0.1, 0.15) is 31.7 Å². The Kier molecular flexibility index (Phi) is 6.27. The summed E-state index contributed by atoms with van der Waals surface area (Å²) >= 11 is 6.04. The van der Waals surface area contributed by atoms with Gasteiger partial charge in [0, 0.05) is 24.5 Å². The molecule has 0 aromatic heterocycles. The van der Waals surface area contributed by atoms with Crippen molar-refractivity contribution < 1.29 is 9.53 Å². The smallest absolute Gasteiger partial charge is 0.305 e. The summed E-state index contributed by atoms with van der Waals surface area (Å²) < 4.78 is 4.94. The van der Waals surface area contributed by atoms with Crippen LogP contribution in [0.15, 0.2) is 30.3 Å². The molecule has 0 unspecified atom stereocenters. The van der Waals surface area contributed by atoms with Gasteiger partial charge in [0.1, 0.15) is 0 Å². The van der Waals surface area contributed by atoms with Crippen molar-refractivity contribution >= 4 is 23.1 Å². The van der Waals surface area contributed by atoms with Crippen molar-refractivity contribution in [2.24, 2.45) is 0 Å². The van der Waals surface area contributed by atoms with Gasteiger partial charge in [-0.25, -0.2) is 0 Å². The summed E-state index contributed by atoms with van der Waals surface area (Å²) in [5, 5.41) is 0.783.